The third kappa shape index (κ3) is 4.78. The molecule has 0 aliphatic carbocycles. The lowest BCUT2D eigenvalue weighted by molar-refractivity contribution is -0.141. The maximum Gasteiger partial charge on any atom is 0.534 e. The Bertz CT molecular complexity index is 620. The summed E-state index contributed by atoms with van der Waals surface area (Å²) >= 11 is 0. The Morgan fingerprint density at radius 3 is 2.29 bits per heavy atom. The van der Waals surface area contributed by atoms with E-state index in [0.29, 0.717) is 0 Å². The molecule has 0 spiro atoms. The van der Waals surface area contributed by atoms with Crippen LogP contribution in [0.1, 0.15) is 12.5 Å². The SMILES string of the molecule is CCOC(=O)C(=Cc1ccccc1)OS(=O)(=O)C(F)(F)F. The molecule has 0 fully saturated rings. The number of carbonyl (C=O) groups excluding carboxylic acids is 1. The highest BCUT2D eigenvalue weighted by Crippen LogP contribution is 2.27. The summed E-state index contributed by atoms with van der Waals surface area (Å²) in [5.41, 5.74) is -5.37. The number of esters is 1. The van der Waals surface area contributed by atoms with Crippen molar-refractivity contribution in [3.8, 4) is 0 Å². The highest BCUT2D eigenvalue weighted by Gasteiger charge is 2.49. The normalized spacial score (nSPS) is 12.9. The number of halogens is 3. The summed E-state index contributed by atoms with van der Waals surface area (Å²) < 4.78 is 67.1. The minimum absolute atomic E-state index is 0.152. The Kier molecular flexibility index (Phi) is 5.36. The molecule has 0 bridgehead atoms. The van der Waals surface area contributed by atoms with Gasteiger partial charge in [-0.15, -0.1) is 0 Å². The van der Waals surface area contributed by atoms with Gasteiger partial charge in [-0.25, -0.2) is 4.79 Å². The average molecular weight is 324 g/mol. The summed E-state index contributed by atoms with van der Waals surface area (Å²) in [7, 11) is -5.95. The van der Waals surface area contributed by atoms with Gasteiger partial charge in [0.1, 0.15) is 0 Å². The maximum absolute atomic E-state index is 12.3. The summed E-state index contributed by atoms with van der Waals surface area (Å²) in [4.78, 5) is 11.5. The Labute approximate surface area is 119 Å². The van der Waals surface area contributed by atoms with Gasteiger partial charge in [0.2, 0.25) is 5.76 Å². The van der Waals surface area contributed by atoms with E-state index in [-0.39, 0.29) is 12.2 Å². The minimum atomic E-state index is -5.95. The average Bonchev–Trinajstić information content (AvgIpc) is 2.38. The third-order valence-corrected chi connectivity index (χ3v) is 3.02. The fourth-order valence-electron chi connectivity index (χ4n) is 1.19. The highest BCUT2D eigenvalue weighted by atomic mass is 32.2. The molecule has 1 rings (SSSR count). The second-order valence-electron chi connectivity index (χ2n) is 3.62. The maximum atomic E-state index is 12.3. The Morgan fingerprint density at radius 1 is 1.24 bits per heavy atom. The van der Waals surface area contributed by atoms with Crippen LogP contribution in [0.5, 0.6) is 0 Å². The molecular formula is C12H11F3O5S. The van der Waals surface area contributed by atoms with Crippen molar-refractivity contribution >= 4 is 22.2 Å². The van der Waals surface area contributed by atoms with Gasteiger partial charge in [0.05, 0.1) is 6.61 Å². The lowest BCUT2D eigenvalue weighted by atomic mass is 10.2. The van der Waals surface area contributed by atoms with E-state index in [0.717, 1.165) is 6.08 Å². The first-order valence-electron chi connectivity index (χ1n) is 5.62. The van der Waals surface area contributed by atoms with E-state index >= 15 is 0 Å². The van der Waals surface area contributed by atoms with Gasteiger partial charge in [-0.3, -0.25) is 0 Å². The van der Waals surface area contributed by atoms with Crippen molar-refractivity contribution in [2.75, 3.05) is 6.61 Å². The molecule has 0 heterocycles. The molecule has 0 atom stereocenters. The van der Waals surface area contributed by atoms with Crippen molar-refractivity contribution in [2.45, 2.75) is 12.4 Å². The monoisotopic (exact) mass is 324 g/mol. The van der Waals surface area contributed by atoms with Crippen molar-refractivity contribution in [1.29, 1.82) is 0 Å². The van der Waals surface area contributed by atoms with E-state index in [1.54, 1.807) is 18.2 Å². The van der Waals surface area contributed by atoms with E-state index in [1.165, 1.54) is 19.1 Å². The van der Waals surface area contributed by atoms with E-state index < -0.39 is 27.4 Å². The quantitative estimate of drug-likeness (QED) is 0.274. The zero-order valence-corrected chi connectivity index (χ0v) is 11.6. The first kappa shape index (κ1) is 17.0. The van der Waals surface area contributed by atoms with Crippen molar-refractivity contribution in [3.63, 3.8) is 0 Å². The van der Waals surface area contributed by atoms with Crippen LogP contribution in [0.3, 0.4) is 0 Å². The van der Waals surface area contributed by atoms with Crippen LogP contribution in [-0.2, 0) is 23.8 Å². The van der Waals surface area contributed by atoms with Gasteiger partial charge in [0.25, 0.3) is 0 Å². The molecule has 21 heavy (non-hydrogen) atoms. The first-order chi connectivity index (χ1) is 9.67. The second-order valence-corrected chi connectivity index (χ2v) is 5.16. The predicted octanol–water partition coefficient (Wildman–Crippen LogP) is 2.46. The number of hydrogen-bond acceptors (Lipinski definition) is 5. The molecule has 0 saturated carbocycles. The number of rotatable bonds is 5. The fraction of sp³-hybridized carbons (Fsp3) is 0.250. The second kappa shape index (κ2) is 6.61. The lowest BCUT2D eigenvalue weighted by Gasteiger charge is -2.11. The van der Waals surface area contributed by atoms with Crippen LogP contribution in [0.15, 0.2) is 36.1 Å². The van der Waals surface area contributed by atoms with Crippen molar-refractivity contribution in [2.24, 2.45) is 0 Å². The van der Waals surface area contributed by atoms with E-state index in [1.807, 2.05) is 0 Å². The molecule has 0 saturated heterocycles. The number of benzene rings is 1. The Hall–Kier alpha value is -2.03. The van der Waals surface area contributed by atoms with Crippen LogP contribution in [0.4, 0.5) is 13.2 Å². The molecule has 1 aromatic rings. The molecule has 5 nitrogen and oxygen atoms in total. The number of alkyl halides is 3. The Morgan fingerprint density at radius 2 is 1.81 bits per heavy atom. The van der Waals surface area contributed by atoms with Gasteiger partial charge in [-0.05, 0) is 18.6 Å². The van der Waals surface area contributed by atoms with Gasteiger partial charge in [0, 0.05) is 0 Å². The third-order valence-electron chi connectivity index (χ3n) is 2.06. The van der Waals surface area contributed by atoms with Gasteiger partial charge in [0.15, 0.2) is 0 Å². The Balaban J connectivity index is 3.17. The van der Waals surface area contributed by atoms with E-state index in [4.69, 9.17) is 0 Å². The van der Waals surface area contributed by atoms with Gasteiger partial charge >= 0.3 is 21.6 Å². The summed E-state index contributed by atoms with van der Waals surface area (Å²) in [5.74, 6) is -2.38. The number of ether oxygens (including phenoxy) is 1. The van der Waals surface area contributed by atoms with Gasteiger partial charge in [-0.1, -0.05) is 30.3 Å². The van der Waals surface area contributed by atoms with Crippen LogP contribution in [0.2, 0.25) is 0 Å². The van der Waals surface area contributed by atoms with Crippen LogP contribution in [-0.4, -0.2) is 26.5 Å². The summed E-state index contributed by atoms with van der Waals surface area (Å²) in [6, 6.07) is 7.63. The fourth-order valence-corrected chi connectivity index (χ4v) is 1.63. The molecule has 116 valence electrons. The predicted molar refractivity (Wildman–Crippen MR) is 67.1 cm³/mol. The molecule has 0 aliphatic rings. The summed E-state index contributed by atoms with van der Waals surface area (Å²) in [6.07, 6.45) is 0.848. The number of hydrogen-bond donors (Lipinski definition) is 0. The van der Waals surface area contributed by atoms with Crippen LogP contribution < -0.4 is 0 Å². The zero-order valence-electron chi connectivity index (χ0n) is 10.8. The largest absolute Gasteiger partial charge is 0.534 e. The smallest absolute Gasteiger partial charge is 0.460 e. The van der Waals surface area contributed by atoms with Crippen LogP contribution in [0.25, 0.3) is 6.08 Å². The lowest BCUT2D eigenvalue weighted by Crippen LogP contribution is -2.27. The van der Waals surface area contributed by atoms with Crippen molar-refractivity contribution < 1.29 is 35.3 Å². The van der Waals surface area contributed by atoms with Gasteiger partial charge in [-0.2, -0.15) is 21.6 Å². The molecular weight excluding hydrogens is 313 g/mol. The molecule has 0 radical (unpaired) electrons. The molecule has 0 unspecified atom stereocenters. The topological polar surface area (TPSA) is 69.7 Å². The standard InChI is InChI=1S/C12H11F3O5S/c1-2-19-11(16)10(8-9-6-4-3-5-7-9)20-21(17,18)12(13,14)15/h3-8H,2H2,1H3. The highest BCUT2D eigenvalue weighted by molar-refractivity contribution is 7.87. The minimum Gasteiger partial charge on any atom is -0.460 e. The molecule has 0 N–H and O–H groups in total. The first-order valence-corrected chi connectivity index (χ1v) is 7.03. The van der Waals surface area contributed by atoms with Crippen molar-refractivity contribution in [3.05, 3.63) is 41.7 Å². The summed E-state index contributed by atoms with van der Waals surface area (Å²) in [5, 5.41) is 0. The number of carbonyl (C=O) groups is 1. The van der Waals surface area contributed by atoms with E-state index in [9.17, 15) is 26.4 Å². The molecule has 0 amide bonds. The molecule has 0 aromatic heterocycles. The van der Waals surface area contributed by atoms with Crippen molar-refractivity contribution in [1.82, 2.24) is 0 Å². The van der Waals surface area contributed by atoms with Crippen LogP contribution in [0, 0.1) is 0 Å². The van der Waals surface area contributed by atoms with Crippen LogP contribution >= 0.6 is 0 Å². The van der Waals surface area contributed by atoms with Gasteiger partial charge < -0.3 is 8.92 Å². The molecule has 0 aliphatic heterocycles. The summed E-state index contributed by atoms with van der Waals surface area (Å²) in [6.45, 7) is 1.26. The molecule has 9 heteroatoms. The molecule has 1 aromatic carbocycles. The zero-order chi connectivity index (χ0) is 16.1. The van der Waals surface area contributed by atoms with E-state index in [2.05, 4.69) is 8.92 Å².